The highest BCUT2D eigenvalue weighted by Gasteiger charge is 2.58. The normalized spacial score (nSPS) is 29.8. The minimum atomic E-state index is -0.819. The van der Waals surface area contributed by atoms with E-state index in [1.807, 2.05) is 43.4 Å². The van der Waals surface area contributed by atoms with E-state index in [0.29, 0.717) is 21.5 Å². The molecule has 4 atom stereocenters. The monoisotopic (exact) mass is 474 g/mol. The standard InChI is InChI=1S/C15H19IN6O4/c1-4-18-12(23)8-7-9(26-15(2,3)25-7)13(24-8)22-5-19-6-10(17)20-14(16)21-11(6)22/h5,7-9,13H,4H2,1-3H3,(H,18,23)(H2,17,20,21)/t7-,8+,9-,13-/m0/s1. The number of nitrogens with one attached hydrogen (secondary N) is 1. The fourth-order valence-electron chi connectivity index (χ4n) is 3.38. The van der Waals surface area contributed by atoms with Crippen molar-refractivity contribution in [1.82, 2.24) is 24.8 Å². The third kappa shape index (κ3) is 2.82. The minimum Gasteiger partial charge on any atom is -0.382 e. The molecule has 10 nitrogen and oxygen atoms in total. The van der Waals surface area contributed by atoms with Crippen molar-refractivity contribution in [3.05, 3.63) is 10.2 Å². The van der Waals surface area contributed by atoms with Crippen molar-refractivity contribution < 1.29 is 19.0 Å². The number of hydrogen-bond acceptors (Lipinski definition) is 8. The zero-order chi connectivity index (χ0) is 18.6. The summed E-state index contributed by atoms with van der Waals surface area (Å²) in [5.74, 6) is -0.766. The van der Waals surface area contributed by atoms with Gasteiger partial charge in [0.25, 0.3) is 5.91 Å². The van der Waals surface area contributed by atoms with E-state index in [9.17, 15) is 4.79 Å². The van der Waals surface area contributed by atoms with Crippen molar-refractivity contribution in [2.24, 2.45) is 0 Å². The Morgan fingerprint density at radius 1 is 1.38 bits per heavy atom. The number of imidazole rings is 1. The van der Waals surface area contributed by atoms with E-state index >= 15 is 0 Å². The summed E-state index contributed by atoms with van der Waals surface area (Å²) in [6.45, 7) is 5.97. The molecule has 0 aromatic carbocycles. The smallest absolute Gasteiger partial charge is 0.252 e. The lowest BCUT2D eigenvalue weighted by Crippen LogP contribution is -2.42. The van der Waals surface area contributed by atoms with Gasteiger partial charge in [-0.25, -0.2) is 15.0 Å². The lowest BCUT2D eigenvalue weighted by Gasteiger charge is -2.24. The molecule has 4 rings (SSSR count). The molecule has 2 aliphatic heterocycles. The van der Waals surface area contributed by atoms with Crippen molar-refractivity contribution in [3.63, 3.8) is 0 Å². The van der Waals surface area contributed by atoms with Crippen LogP contribution in [0.15, 0.2) is 6.33 Å². The van der Waals surface area contributed by atoms with Crippen LogP contribution in [0, 0.1) is 3.83 Å². The number of halogens is 1. The Kier molecular flexibility index (Phi) is 4.28. The van der Waals surface area contributed by atoms with Crippen molar-refractivity contribution in [3.8, 4) is 0 Å². The molecule has 2 aliphatic rings. The maximum absolute atomic E-state index is 12.4. The number of ether oxygens (including phenoxy) is 3. The van der Waals surface area contributed by atoms with Gasteiger partial charge in [-0.3, -0.25) is 9.36 Å². The van der Waals surface area contributed by atoms with Crippen LogP contribution in [0.3, 0.4) is 0 Å². The van der Waals surface area contributed by atoms with Crippen LogP contribution in [0.2, 0.25) is 0 Å². The number of carbonyl (C=O) groups is 1. The molecule has 2 fully saturated rings. The summed E-state index contributed by atoms with van der Waals surface area (Å²) in [7, 11) is 0. The van der Waals surface area contributed by atoms with Crippen LogP contribution >= 0.6 is 22.6 Å². The summed E-state index contributed by atoms with van der Waals surface area (Å²) < 4.78 is 20.2. The van der Waals surface area contributed by atoms with E-state index in [2.05, 4.69) is 20.3 Å². The largest absolute Gasteiger partial charge is 0.382 e. The van der Waals surface area contributed by atoms with Crippen molar-refractivity contribution in [1.29, 1.82) is 0 Å². The van der Waals surface area contributed by atoms with Gasteiger partial charge in [0.05, 0.1) is 6.33 Å². The number of aromatic nitrogens is 4. The number of hydrogen-bond donors (Lipinski definition) is 2. The number of nitrogen functional groups attached to an aromatic ring is 1. The number of fused-ring (bicyclic) bond motifs is 2. The second-order valence-electron chi connectivity index (χ2n) is 6.61. The molecule has 3 N–H and O–H groups in total. The van der Waals surface area contributed by atoms with E-state index in [1.54, 1.807) is 10.9 Å². The van der Waals surface area contributed by atoms with Crippen LogP contribution in [0.4, 0.5) is 5.82 Å². The Balaban J connectivity index is 1.76. The quantitative estimate of drug-likeness (QED) is 0.489. The van der Waals surface area contributed by atoms with E-state index in [-0.39, 0.29) is 11.7 Å². The fraction of sp³-hybridized carbons (Fsp3) is 0.600. The van der Waals surface area contributed by atoms with Crippen LogP contribution in [0.25, 0.3) is 11.2 Å². The van der Waals surface area contributed by atoms with Gasteiger partial charge < -0.3 is 25.3 Å². The third-order valence-electron chi connectivity index (χ3n) is 4.33. The Morgan fingerprint density at radius 3 is 2.85 bits per heavy atom. The average molecular weight is 474 g/mol. The van der Waals surface area contributed by atoms with E-state index in [1.165, 1.54) is 0 Å². The topological polar surface area (TPSA) is 126 Å². The van der Waals surface area contributed by atoms with Crippen LogP contribution in [0.1, 0.15) is 27.0 Å². The first-order valence-corrected chi connectivity index (χ1v) is 9.33. The predicted molar refractivity (Wildman–Crippen MR) is 98.9 cm³/mol. The fourth-order valence-corrected chi connectivity index (χ4v) is 3.87. The highest BCUT2D eigenvalue weighted by atomic mass is 127. The molecule has 4 heterocycles. The molecule has 2 saturated heterocycles. The molecule has 26 heavy (non-hydrogen) atoms. The van der Waals surface area contributed by atoms with E-state index < -0.39 is 30.3 Å². The molecule has 11 heteroatoms. The maximum Gasteiger partial charge on any atom is 0.252 e. The summed E-state index contributed by atoms with van der Waals surface area (Å²) in [6, 6.07) is 0. The molecule has 0 bridgehead atoms. The number of rotatable bonds is 3. The van der Waals surface area contributed by atoms with Crippen molar-refractivity contribution in [2.75, 3.05) is 12.3 Å². The number of nitrogens with two attached hydrogens (primary N) is 1. The summed E-state index contributed by atoms with van der Waals surface area (Å²) in [5.41, 5.74) is 6.94. The number of nitrogens with zero attached hydrogens (tertiary/aromatic N) is 4. The molecule has 2 aromatic heterocycles. The van der Waals surface area contributed by atoms with Gasteiger partial charge in [-0.1, -0.05) is 0 Å². The molecule has 0 radical (unpaired) electrons. The number of amides is 1. The Bertz CT molecular complexity index is 871. The van der Waals surface area contributed by atoms with Gasteiger partial charge in [0.1, 0.15) is 17.7 Å². The zero-order valence-corrected chi connectivity index (χ0v) is 16.6. The molecule has 0 saturated carbocycles. The van der Waals surface area contributed by atoms with Crippen LogP contribution in [-0.2, 0) is 19.0 Å². The first kappa shape index (κ1) is 17.8. The molecule has 0 unspecified atom stereocenters. The maximum atomic E-state index is 12.4. The number of anilines is 1. The Labute approximate surface area is 162 Å². The second-order valence-corrected chi connectivity index (χ2v) is 7.57. The molecular weight excluding hydrogens is 455 g/mol. The van der Waals surface area contributed by atoms with Gasteiger partial charge in [-0.05, 0) is 20.8 Å². The lowest BCUT2D eigenvalue weighted by atomic mass is 10.1. The van der Waals surface area contributed by atoms with Crippen LogP contribution < -0.4 is 11.1 Å². The van der Waals surface area contributed by atoms with E-state index in [0.717, 1.165) is 0 Å². The van der Waals surface area contributed by atoms with Crippen molar-refractivity contribution >= 4 is 45.5 Å². The molecule has 0 spiro atoms. The summed E-state index contributed by atoms with van der Waals surface area (Å²) in [6.07, 6.45) is -0.851. The summed E-state index contributed by atoms with van der Waals surface area (Å²) in [5, 5.41) is 2.78. The van der Waals surface area contributed by atoms with Gasteiger partial charge in [0.2, 0.25) is 0 Å². The number of likely N-dealkylation sites (N-methyl/N-ethyl adjacent to an activating group) is 1. The lowest BCUT2D eigenvalue weighted by molar-refractivity contribution is -0.197. The minimum absolute atomic E-state index is 0.237. The van der Waals surface area contributed by atoms with Gasteiger partial charge >= 0.3 is 0 Å². The van der Waals surface area contributed by atoms with Gasteiger partial charge in [-0.15, -0.1) is 0 Å². The number of carbonyl (C=O) groups excluding carboxylic acids is 1. The predicted octanol–water partition coefficient (Wildman–Crippen LogP) is 0.567. The third-order valence-corrected chi connectivity index (χ3v) is 4.82. The molecule has 2 aromatic rings. The van der Waals surface area contributed by atoms with Crippen molar-refractivity contribution in [2.45, 2.75) is 51.1 Å². The first-order chi connectivity index (χ1) is 12.3. The van der Waals surface area contributed by atoms with Gasteiger partial charge in [-0.2, -0.15) is 0 Å². The van der Waals surface area contributed by atoms with E-state index in [4.69, 9.17) is 19.9 Å². The Morgan fingerprint density at radius 2 is 2.12 bits per heavy atom. The first-order valence-electron chi connectivity index (χ1n) is 8.25. The van der Waals surface area contributed by atoms with Crippen LogP contribution in [0.5, 0.6) is 0 Å². The molecule has 1 amide bonds. The SMILES string of the molecule is CCNC(=O)[C@@H]1O[C@H](n2cnc3c(N)nc(I)nc32)[C@H]2OC(C)(C)O[C@H]21. The highest BCUT2D eigenvalue weighted by molar-refractivity contribution is 14.1. The molecule has 0 aliphatic carbocycles. The highest BCUT2D eigenvalue weighted by Crippen LogP contribution is 2.43. The summed E-state index contributed by atoms with van der Waals surface area (Å²) in [4.78, 5) is 25.3. The van der Waals surface area contributed by atoms with Gasteiger partial charge in [0.15, 0.2) is 33.4 Å². The Hall–Kier alpha value is -1.57. The van der Waals surface area contributed by atoms with Gasteiger partial charge in [0, 0.05) is 29.1 Å². The second kappa shape index (κ2) is 6.25. The average Bonchev–Trinajstić information content (AvgIpc) is 3.18. The zero-order valence-electron chi connectivity index (χ0n) is 14.5. The summed E-state index contributed by atoms with van der Waals surface area (Å²) >= 11 is 1.99. The molecule has 140 valence electrons. The van der Waals surface area contributed by atoms with Crippen LogP contribution in [-0.4, -0.2) is 56.1 Å². The molecular formula is C15H19IN6O4.